The van der Waals surface area contributed by atoms with E-state index in [1.54, 1.807) is 0 Å². The molecule has 0 N–H and O–H groups in total. The van der Waals surface area contributed by atoms with Crippen LogP contribution in [0, 0.1) is 0 Å². The average Bonchev–Trinajstić information content (AvgIpc) is 2.76. The summed E-state index contributed by atoms with van der Waals surface area (Å²) in [4.78, 5) is 15.6. The zero-order valence-electron chi connectivity index (χ0n) is 16.7. The summed E-state index contributed by atoms with van der Waals surface area (Å²) in [6, 6.07) is 23.4. The van der Waals surface area contributed by atoms with Gasteiger partial charge in [-0.2, -0.15) is 0 Å². The van der Waals surface area contributed by atoms with Crippen molar-refractivity contribution in [1.82, 2.24) is 4.90 Å². The van der Waals surface area contributed by atoms with E-state index in [0.717, 1.165) is 33.3 Å². The number of rotatable bonds is 4. The monoisotopic (exact) mass is 511 g/mol. The number of halogens is 3. The van der Waals surface area contributed by atoms with E-state index in [4.69, 9.17) is 23.2 Å². The smallest absolute Gasteiger partial charge is 0.187 e. The fraction of sp³-hybridized carbons (Fsp3) is 0.115. The zero-order valence-corrected chi connectivity index (χ0v) is 19.8. The minimum Gasteiger partial charge on any atom is -0.290 e. The van der Waals surface area contributed by atoms with Crippen LogP contribution in [0.4, 0.5) is 0 Å². The molecule has 1 heterocycles. The first-order valence-electron chi connectivity index (χ1n) is 9.90. The van der Waals surface area contributed by atoms with Crippen molar-refractivity contribution in [3.05, 3.63) is 115 Å². The van der Waals surface area contributed by atoms with E-state index in [1.165, 1.54) is 5.56 Å². The van der Waals surface area contributed by atoms with Crippen LogP contribution in [0.3, 0.4) is 0 Å². The van der Waals surface area contributed by atoms with Gasteiger partial charge in [-0.3, -0.25) is 9.69 Å². The lowest BCUT2D eigenvalue weighted by atomic mass is 9.94. The molecule has 0 amide bonds. The standard InChI is InChI=1S/C26H20BrCl2NO/c27-23-7-1-20(2-8-23)15-30-16-21(13-18-3-9-24(28)10-4-18)26(31)22(17-30)14-19-5-11-25(29)12-6-19/h1-14H,15-17H2. The van der Waals surface area contributed by atoms with Crippen LogP contribution in [-0.4, -0.2) is 23.8 Å². The van der Waals surface area contributed by atoms with Gasteiger partial charge in [0.2, 0.25) is 0 Å². The lowest BCUT2D eigenvalue weighted by molar-refractivity contribution is -0.113. The number of hydrogen-bond acceptors (Lipinski definition) is 2. The largest absolute Gasteiger partial charge is 0.290 e. The van der Waals surface area contributed by atoms with E-state index >= 15 is 0 Å². The number of nitrogens with zero attached hydrogens (tertiary/aromatic N) is 1. The molecule has 2 nitrogen and oxygen atoms in total. The van der Waals surface area contributed by atoms with E-state index < -0.39 is 0 Å². The fourth-order valence-corrected chi connectivity index (χ4v) is 4.11. The molecule has 3 aromatic carbocycles. The number of piperidine rings is 1. The molecule has 0 aliphatic carbocycles. The van der Waals surface area contributed by atoms with E-state index in [1.807, 2.05) is 72.8 Å². The normalized spacial score (nSPS) is 17.5. The summed E-state index contributed by atoms with van der Waals surface area (Å²) in [5.41, 5.74) is 4.67. The molecule has 0 saturated carbocycles. The molecule has 31 heavy (non-hydrogen) atoms. The third-order valence-corrected chi connectivity index (χ3v) is 6.15. The average molecular weight is 513 g/mol. The fourth-order valence-electron chi connectivity index (χ4n) is 3.59. The molecular weight excluding hydrogens is 493 g/mol. The van der Waals surface area contributed by atoms with Crippen molar-refractivity contribution in [2.45, 2.75) is 6.54 Å². The minimum atomic E-state index is 0.0805. The van der Waals surface area contributed by atoms with Crippen molar-refractivity contribution in [2.24, 2.45) is 0 Å². The summed E-state index contributed by atoms with van der Waals surface area (Å²) in [6.45, 7) is 1.95. The molecule has 0 unspecified atom stereocenters. The molecule has 1 fully saturated rings. The molecule has 4 rings (SSSR count). The lowest BCUT2D eigenvalue weighted by Gasteiger charge is -2.30. The van der Waals surface area contributed by atoms with Crippen molar-refractivity contribution >= 4 is 57.1 Å². The van der Waals surface area contributed by atoms with Crippen molar-refractivity contribution in [3.63, 3.8) is 0 Å². The first-order valence-corrected chi connectivity index (χ1v) is 11.4. The van der Waals surface area contributed by atoms with Crippen LogP contribution in [0.15, 0.2) is 88.4 Å². The summed E-state index contributed by atoms with van der Waals surface area (Å²) < 4.78 is 1.05. The highest BCUT2D eigenvalue weighted by Crippen LogP contribution is 2.25. The quantitative estimate of drug-likeness (QED) is 0.341. The number of carbonyl (C=O) groups excluding carboxylic acids is 1. The van der Waals surface area contributed by atoms with Crippen LogP contribution in [0.5, 0.6) is 0 Å². The topological polar surface area (TPSA) is 20.3 Å². The van der Waals surface area contributed by atoms with Crippen molar-refractivity contribution in [3.8, 4) is 0 Å². The highest BCUT2D eigenvalue weighted by molar-refractivity contribution is 9.10. The number of likely N-dealkylation sites (tertiary alicyclic amines) is 1. The van der Waals surface area contributed by atoms with Gasteiger partial charge in [-0.05, 0) is 65.2 Å². The maximum absolute atomic E-state index is 13.3. The van der Waals surface area contributed by atoms with E-state index in [0.29, 0.717) is 23.1 Å². The van der Waals surface area contributed by atoms with Crippen LogP contribution in [0.2, 0.25) is 10.0 Å². The molecule has 0 bridgehead atoms. The van der Waals surface area contributed by atoms with Gasteiger partial charge in [-0.25, -0.2) is 0 Å². The molecule has 0 aromatic heterocycles. The van der Waals surface area contributed by atoms with Gasteiger partial charge in [0.25, 0.3) is 0 Å². The van der Waals surface area contributed by atoms with E-state index in [2.05, 4.69) is 33.0 Å². The maximum Gasteiger partial charge on any atom is 0.187 e. The Labute approximate surface area is 200 Å². The molecule has 3 aromatic rings. The van der Waals surface area contributed by atoms with Crippen LogP contribution in [0.25, 0.3) is 12.2 Å². The SMILES string of the molecule is O=C1C(=Cc2ccc(Cl)cc2)CN(Cc2ccc(Br)cc2)CC1=Cc1ccc(Cl)cc1. The van der Waals surface area contributed by atoms with Gasteiger partial charge in [0.05, 0.1) is 0 Å². The Morgan fingerprint density at radius 3 is 1.65 bits per heavy atom. The van der Waals surface area contributed by atoms with Gasteiger partial charge in [0.1, 0.15) is 0 Å². The molecule has 0 radical (unpaired) electrons. The maximum atomic E-state index is 13.3. The number of hydrogen-bond donors (Lipinski definition) is 0. The van der Waals surface area contributed by atoms with Crippen LogP contribution in [-0.2, 0) is 11.3 Å². The third kappa shape index (κ3) is 5.96. The third-order valence-electron chi connectivity index (χ3n) is 5.11. The first kappa shape index (κ1) is 22.0. The van der Waals surface area contributed by atoms with Crippen molar-refractivity contribution in [2.75, 3.05) is 13.1 Å². The molecule has 1 saturated heterocycles. The molecule has 0 atom stereocenters. The Kier molecular flexibility index (Phi) is 7.09. The van der Waals surface area contributed by atoms with Gasteiger partial charge >= 0.3 is 0 Å². The second-order valence-electron chi connectivity index (χ2n) is 7.54. The molecular formula is C26H20BrCl2NO. The highest BCUT2D eigenvalue weighted by Gasteiger charge is 2.26. The summed E-state index contributed by atoms with van der Waals surface area (Å²) in [5, 5.41) is 1.36. The summed E-state index contributed by atoms with van der Waals surface area (Å²) >= 11 is 15.5. The number of carbonyl (C=O) groups is 1. The van der Waals surface area contributed by atoms with Crippen LogP contribution in [0.1, 0.15) is 16.7 Å². The van der Waals surface area contributed by atoms with Gasteiger partial charge < -0.3 is 0 Å². The molecule has 1 aliphatic heterocycles. The zero-order chi connectivity index (χ0) is 21.8. The van der Waals surface area contributed by atoms with Gasteiger partial charge in [-0.15, -0.1) is 0 Å². The van der Waals surface area contributed by atoms with E-state index in [9.17, 15) is 4.79 Å². The minimum absolute atomic E-state index is 0.0805. The number of benzene rings is 3. The predicted molar refractivity (Wildman–Crippen MR) is 133 cm³/mol. The summed E-state index contributed by atoms with van der Waals surface area (Å²) in [7, 11) is 0. The lowest BCUT2D eigenvalue weighted by Crippen LogP contribution is -2.37. The molecule has 1 aliphatic rings. The van der Waals surface area contributed by atoms with Gasteiger partial charge in [0.15, 0.2) is 5.78 Å². The predicted octanol–water partition coefficient (Wildman–Crippen LogP) is 7.31. The van der Waals surface area contributed by atoms with Crippen LogP contribution < -0.4 is 0 Å². The summed E-state index contributed by atoms with van der Waals surface area (Å²) in [6.07, 6.45) is 3.92. The Morgan fingerprint density at radius 1 is 0.742 bits per heavy atom. The Bertz CT molecular complexity index is 1070. The van der Waals surface area contributed by atoms with Crippen molar-refractivity contribution < 1.29 is 4.79 Å². The van der Waals surface area contributed by atoms with Gasteiger partial charge in [-0.1, -0.05) is 75.5 Å². The second kappa shape index (κ2) is 9.97. The van der Waals surface area contributed by atoms with Crippen LogP contribution >= 0.6 is 39.1 Å². The second-order valence-corrected chi connectivity index (χ2v) is 9.33. The van der Waals surface area contributed by atoms with Gasteiger partial charge in [0, 0.05) is 45.3 Å². The summed E-state index contributed by atoms with van der Waals surface area (Å²) in [5.74, 6) is 0.0805. The van der Waals surface area contributed by atoms with Crippen molar-refractivity contribution in [1.29, 1.82) is 0 Å². The van der Waals surface area contributed by atoms with E-state index in [-0.39, 0.29) is 5.78 Å². The first-order chi connectivity index (χ1) is 15.0. The molecule has 156 valence electrons. The molecule has 0 spiro atoms. The Hall–Kier alpha value is -2.17. The Morgan fingerprint density at radius 2 is 1.19 bits per heavy atom. The number of ketones is 1. The molecule has 5 heteroatoms. The Balaban J connectivity index is 1.66. The number of Topliss-reactive ketones (excluding diaryl/α,β-unsaturated/α-hetero) is 1. The highest BCUT2D eigenvalue weighted by atomic mass is 79.9.